The van der Waals surface area contributed by atoms with Crippen molar-refractivity contribution >= 4 is 28.3 Å². The van der Waals surface area contributed by atoms with Gasteiger partial charge in [-0.1, -0.05) is 0 Å². The Morgan fingerprint density at radius 2 is 2.32 bits per heavy atom. The summed E-state index contributed by atoms with van der Waals surface area (Å²) in [5.74, 6) is 0.428. The molecule has 112 valence electrons. The van der Waals surface area contributed by atoms with E-state index in [4.69, 9.17) is 0 Å². The highest BCUT2D eigenvalue weighted by Gasteiger charge is 2.26. The molecule has 0 saturated carbocycles. The topological polar surface area (TPSA) is 61.9 Å². The standard InChI is InChI=1S/C16H16N4OS/c21-16(13-5-7-22-10-13)20-6-1-2-12(9-20)14-4-3-11-8-17-19-15(11)18-14/h3-5,7-8,10,12H,1-2,6,9H2,(H,17,18,19)/t12-/m0/s1. The second kappa shape index (κ2) is 5.53. The Kier molecular flexibility index (Phi) is 3.38. The van der Waals surface area contributed by atoms with Crippen LogP contribution in [0.4, 0.5) is 0 Å². The molecule has 5 nitrogen and oxygen atoms in total. The minimum absolute atomic E-state index is 0.133. The summed E-state index contributed by atoms with van der Waals surface area (Å²) in [5, 5.41) is 11.8. The molecule has 1 aliphatic heterocycles. The van der Waals surface area contributed by atoms with Crippen LogP contribution in [-0.4, -0.2) is 39.1 Å². The fraction of sp³-hybridized carbons (Fsp3) is 0.312. The Morgan fingerprint density at radius 1 is 1.36 bits per heavy atom. The van der Waals surface area contributed by atoms with E-state index in [1.165, 1.54) is 0 Å². The maximum absolute atomic E-state index is 12.5. The molecule has 0 aliphatic carbocycles. The highest BCUT2D eigenvalue weighted by molar-refractivity contribution is 7.08. The van der Waals surface area contributed by atoms with Gasteiger partial charge in [0.2, 0.25) is 0 Å². The number of likely N-dealkylation sites (tertiary alicyclic amines) is 1. The number of hydrogen-bond acceptors (Lipinski definition) is 4. The molecule has 0 spiro atoms. The van der Waals surface area contributed by atoms with Gasteiger partial charge in [-0.2, -0.15) is 16.4 Å². The molecule has 22 heavy (non-hydrogen) atoms. The average molecular weight is 312 g/mol. The maximum Gasteiger partial charge on any atom is 0.254 e. The Bertz CT molecular complexity index is 795. The summed E-state index contributed by atoms with van der Waals surface area (Å²) in [6.45, 7) is 1.57. The summed E-state index contributed by atoms with van der Waals surface area (Å²) in [6.07, 6.45) is 3.86. The molecule has 1 aliphatic rings. The normalized spacial score (nSPS) is 18.7. The van der Waals surface area contributed by atoms with E-state index >= 15 is 0 Å². The lowest BCUT2D eigenvalue weighted by molar-refractivity contribution is 0.0706. The van der Waals surface area contributed by atoms with Crippen LogP contribution in [-0.2, 0) is 0 Å². The highest BCUT2D eigenvalue weighted by Crippen LogP contribution is 2.27. The largest absolute Gasteiger partial charge is 0.338 e. The van der Waals surface area contributed by atoms with Gasteiger partial charge >= 0.3 is 0 Å². The van der Waals surface area contributed by atoms with Crippen molar-refractivity contribution in [3.63, 3.8) is 0 Å². The first-order valence-electron chi connectivity index (χ1n) is 7.43. The van der Waals surface area contributed by atoms with Crippen LogP contribution < -0.4 is 0 Å². The van der Waals surface area contributed by atoms with Crippen molar-refractivity contribution in [2.45, 2.75) is 18.8 Å². The second-order valence-corrected chi connectivity index (χ2v) is 6.43. The molecule has 1 atom stereocenters. The number of aromatic nitrogens is 3. The molecule has 0 aromatic carbocycles. The van der Waals surface area contributed by atoms with E-state index in [2.05, 4.69) is 21.2 Å². The number of nitrogens with zero attached hydrogens (tertiary/aromatic N) is 3. The number of rotatable bonds is 2. The van der Waals surface area contributed by atoms with E-state index in [0.29, 0.717) is 5.92 Å². The number of carbonyl (C=O) groups is 1. The first-order chi connectivity index (χ1) is 10.8. The van der Waals surface area contributed by atoms with Crippen molar-refractivity contribution in [1.29, 1.82) is 0 Å². The third-order valence-corrected chi connectivity index (χ3v) is 4.90. The smallest absolute Gasteiger partial charge is 0.254 e. The number of piperidine rings is 1. The number of hydrogen-bond donors (Lipinski definition) is 1. The quantitative estimate of drug-likeness (QED) is 0.791. The molecule has 0 radical (unpaired) electrons. The SMILES string of the molecule is O=C(c1ccsc1)N1CCC[C@H](c2ccc3cn[nH]c3n2)C1. The van der Waals surface area contributed by atoms with Crippen LogP contribution >= 0.6 is 11.3 Å². The van der Waals surface area contributed by atoms with E-state index in [9.17, 15) is 4.79 Å². The Morgan fingerprint density at radius 3 is 3.18 bits per heavy atom. The molecule has 3 aromatic rings. The lowest BCUT2D eigenvalue weighted by Crippen LogP contribution is -2.39. The molecule has 4 heterocycles. The lowest BCUT2D eigenvalue weighted by atomic mass is 9.94. The maximum atomic E-state index is 12.5. The zero-order valence-corrected chi connectivity index (χ0v) is 12.8. The summed E-state index contributed by atoms with van der Waals surface area (Å²) in [4.78, 5) is 19.1. The minimum Gasteiger partial charge on any atom is -0.338 e. The van der Waals surface area contributed by atoms with Crippen molar-refractivity contribution in [3.05, 3.63) is 46.4 Å². The first kappa shape index (κ1) is 13.5. The van der Waals surface area contributed by atoms with E-state index in [1.807, 2.05) is 27.8 Å². The van der Waals surface area contributed by atoms with Crippen LogP contribution in [0.15, 0.2) is 35.2 Å². The zero-order valence-electron chi connectivity index (χ0n) is 12.0. The van der Waals surface area contributed by atoms with Crippen molar-refractivity contribution in [2.75, 3.05) is 13.1 Å². The van der Waals surface area contributed by atoms with Gasteiger partial charge in [-0.3, -0.25) is 9.89 Å². The molecule has 1 N–H and O–H groups in total. The van der Waals surface area contributed by atoms with Gasteiger partial charge in [-0.05, 0) is 36.4 Å². The van der Waals surface area contributed by atoms with Crippen LogP contribution in [0.1, 0.15) is 34.8 Å². The second-order valence-electron chi connectivity index (χ2n) is 5.65. The van der Waals surface area contributed by atoms with Gasteiger partial charge in [-0.15, -0.1) is 0 Å². The summed E-state index contributed by atoms with van der Waals surface area (Å²) in [6, 6.07) is 5.99. The van der Waals surface area contributed by atoms with E-state index in [0.717, 1.165) is 48.2 Å². The van der Waals surface area contributed by atoms with Crippen LogP contribution in [0, 0.1) is 0 Å². The molecule has 1 saturated heterocycles. The van der Waals surface area contributed by atoms with Gasteiger partial charge in [-0.25, -0.2) is 4.98 Å². The molecule has 4 rings (SSSR count). The zero-order chi connectivity index (χ0) is 14.9. The highest BCUT2D eigenvalue weighted by atomic mass is 32.1. The number of aromatic amines is 1. The third-order valence-electron chi connectivity index (χ3n) is 4.22. The number of fused-ring (bicyclic) bond motifs is 1. The van der Waals surface area contributed by atoms with Crippen molar-refractivity contribution in [3.8, 4) is 0 Å². The Labute approximate surface area is 132 Å². The molecular weight excluding hydrogens is 296 g/mol. The van der Waals surface area contributed by atoms with Crippen LogP contribution in [0.3, 0.4) is 0 Å². The average Bonchev–Trinajstić information content (AvgIpc) is 3.25. The fourth-order valence-corrected chi connectivity index (χ4v) is 3.67. The van der Waals surface area contributed by atoms with Crippen LogP contribution in [0.25, 0.3) is 11.0 Å². The van der Waals surface area contributed by atoms with Gasteiger partial charge < -0.3 is 4.90 Å². The number of thiophene rings is 1. The van der Waals surface area contributed by atoms with E-state index < -0.39 is 0 Å². The summed E-state index contributed by atoms with van der Waals surface area (Å²) in [5.41, 5.74) is 2.65. The molecule has 0 bridgehead atoms. The molecule has 6 heteroatoms. The van der Waals surface area contributed by atoms with Crippen molar-refractivity contribution < 1.29 is 4.79 Å². The third kappa shape index (κ3) is 2.39. The molecular formula is C16H16N4OS. The van der Waals surface area contributed by atoms with Gasteiger partial charge in [0.25, 0.3) is 5.91 Å². The van der Waals surface area contributed by atoms with Gasteiger partial charge in [0.1, 0.15) is 0 Å². The fourth-order valence-electron chi connectivity index (χ4n) is 3.04. The Balaban J connectivity index is 1.56. The summed E-state index contributed by atoms with van der Waals surface area (Å²) < 4.78 is 0. The predicted octanol–water partition coefficient (Wildman–Crippen LogP) is 3.04. The number of amides is 1. The van der Waals surface area contributed by atoms with Gasteiger partial charge in [0.05, 0.1) is 11.8 Å². The number of nitrogens with one attached hydrogen (secondary N) is 1. The van der Waals surface area contributed by atoms with Crippen LogP contribution in [0.2, 0.25) is 0 Å². The van der Waals surface area contributed by atoms with E-state index in [-0.39, 0.29) is 5.91 Å². The van der Waals surface area contributed by atoms with Crippen molar-refractivity contribution in [1.82, 2.24) is 20.1 Å². The summed E-state index contributed by atoms with van der Waals surface area (Å²) >= 11 is 1.56. The predicted molar refractivity (Wildman–Crippen MR) is 86.1 cm³/mol. The van der Waals surface area contributed by atoms with Gasteiger partial charge in [0, 0.05) is 35.5 Å². The number of carbonyl (C=O) groups excluding carboxylic acids is 1. The van der Waals surface area contributed by atoms with Crippen molar-refractivity contribution in [2.24, 2.45) is 0 Å². The monoisotopic (exact) mass is 312 g/mol. The molecule has 1 fully saturated rings. The number of H-pyrrole nitrogens is 1. The summed E-state index contributed by atoms with van der Waals surface area (Å²) in [7, 11) is 0. The number of pyridine rings is 1. The van der Waals surface area contributed by atoms with Crippen LogP contribution in [0.5, 0.6) is 0 Å². The minimum atomic E-state index is 0.133. The molecule has 3 aromatic heterocycles. The lowest BCUT2D eigenvalue weighted by Gasteiger charge is -2.32. The van der Waals surface area contributed by atoms with E-state index in [1.54, 1.807) is 17.5 Å². The molecule has 1 amide bonds. The van der Waals surface area contributed by atoms with Gasteiger partial charge in [0.15, 0.2) is 5.65 Å². The Hall–Kier alpha value is -2.21. The molecule has 0 unspecified atom stereocenters. The first-order valence-corrected chi connectivity index (χ1v) is 8.37.